The van der Waals surface area contributed by atoms with Gasteiger partial charge in [0.05, 0.1) is 11.6 Å². The van der Waals surface area contributed by atoms with E-state index in [1.54, 1.807) is 18.2 Å². The van der Waals surface area contributed by atoms with Gasteiger partial charge in [-0.1, -0.05) is 53.8 Å². The third-order valence-corrected chi connectivity index (χ3v) is 3.56. The molecule has 0 aliphatic heterocycles. The summed E-state index contributed by atoms with van der Waals surface area (Å²) >= 11 is 5.97. The van der Waals surface area contributed by atoms with Crippen LogP contribution in [0.3, 0.4) is 0 Å². The fraction of sp³-hybridized carbons (Fsp3) is 0.105. The highest BCUT2D eigenvalue weighted by Gasteiger charge is 2.10. The largest absolute Gasteiger partial charge is 0.479 e. The quantitative estimate of drug-likeness (QED) is 0.733. The number of hydrogen-bond acceptors (Lipinski definition) is 3. The Morgan fingerprint density at radius 1 is 1.12 bits per heavy atom. The summed E-state index contributed by atoms with van der Waals surface area (Å²) in [5.41, 5.74) is 0.682. The van der Waals surface area contributed by atoms with Crippen LogP contribution in [0.2, 0.25) is 5.02 Å². The second kappa shape index (κ2) is 7.58. The first-order valence-corrected chi connectivity index (χ1v) is 7.71. The van der Waals surface area contributed by atoms with Crippen molar-refractivity contribution >= 4 is 28.5 Å². The first-order chi connectivity index (χ1) is 11.7. The van der Waals surface area contributed by atoms with Crippen molar-refractivity contribution in [3.8, 4) is 17.6 Å². The summed E-state index contributed by atoms with van der Waals surface area (Å²) < 4.78 is 10.9. The van der Waals surface area contributed by atoms with Crippen LogP contribution in [-0.2, 0) is 0 Å². The van der Waals surface area contributed by atoms with Gasteiger partial charge in [-0.15, -0.1) is 0 Å². The number of carbonyl (C=O) groups is 1. The Balaban J connectivity index is 1.48. The Kier molecular flexibility index (Phi) is 5.05. The van der Waals surface area contributed by atoms with Crippen LogP contribution in [0.5, 0.6) is 5.75 Å². The van der Waals surface area contributed by atoms with E-state index >= 15 is 0 Å². The first kappa shape index (κ1) is 16.0. The molecule has 0 aliphatic carbocycles. The molecule has 0 saturated heterocycles. The van der Waals surface area contributed by atoms with Crippen LogP contribution < -0.4 is 10.1 Å². The number of nitrogens with one attached hydrogen (secondary N) is 1. The minimum Gasteiger partial charge on any atom is -0.479 e. The standard InChI is InChI=1S/C19H14ClNO3/c20-15-8-2-4-10-17(15)23-12-6-5-11-21-19(22)18-13-14-7-1-3-9-16(14)24-18/h1-4,7-10,13H,11-12H2,(H,21,22). The molecule has 0 spiro atoms. The number of ether oxygens (including phenoxy) is 1. The molecule has 120 valence electrons. The second-order valence-corrected chi connectivity index (χ2v) is 5.31. The molecule has 0 atom stereocenters. The molecule has 4 nitrogen and oxygen atoms in total. The molecule has 3 aromatic rings. The van der Waals surface area contributed by atoms with Crippen LogP contribution in [0.25, 0.3) is 11.0 Å². The average molecular weight is 340 g/mol. The zero-order valence-electron chi connectivity index (χ0n) is 12.7. The molecule has 2 aromatic carbocycles. The van der Waals surface area contributed by atoms with E-state index in [1.165, 1.54) is 0 Å². The Morgan fingerprint density at radius 2 is 1.92 bits per heavy atom. The molecule has 0 radical (unpaired) electrons. The Hall–Kier alpha value is -2.90. The van der Waals surface area contributed by atoms with E-state index < -0.39 is 0 Å². The van der Waals surface area contributed by atoms with E-state index in [2.05, 4.69) is 17.2 Å². The molecule has 1 N–H and O–H groups in total. The van der Waals surface area contributed by atoms with Crippen LogP contribution in [0.4, 0.5) is 0 Å². The molecule has 1 aromatic heterocycles. The summed E-state index contributed by atoms with van der Waals surface area (Å²) in [5.74, 6) is 6.19. The van der Waals surface area contributed by atoms with Crippen LogP contribution in [0.15, 0.2) is 59.0 Å². The summed E-state index contributed by atoms with van der Waals surface area (Å²) in [5, 5.41) is 4.11. The van der Waals surface area contributed by atoms with Crippen molar-refractivity contribution in [2.75, 3.05) is 13.2 Å². The predicted molar refractivity (Wildman–Crippen MR) is 93.3 cm³/mol. The first-order valence-electron chi connectivity index (χ1n) is 7.34. The summed E-state index contributed by atoms with van der Waals surface area (Å²) in [6, 6.07) is 16.3. The summed E-state index contributed by atoms with van der Waals surface area (Å²) in [6.45, 7) is 0.409. The van der Waals surface area contributed by atoms with Crippen molar-refractivity contribution in [3.05, 3.63) is 65.4 Å². The highest BCUT2D eigenvalue weighted by molar-refractivity contribution is 6.32. The maximum absolute atomic E-state index is 12.0. The molecule has 0 fully saturated rings. The number of fused-ring (bicyclic) bond motifs is 1. The van der Waals surface area contributed by atoms with Gasteiger partial charge in [-0.25, -0.2) is 0 Å². The molecular formula is C19H14ClNO3. The lowest BCUT2D eigenvalue weighted by molar-refractivity contribution is 0.0933. The van der Waals surface area contributed by atoms with Crippen molar-refractivity contribution in [1.29, 1.82) is 0 Å². The Bertz CT molecular complexity index is 888. The summed E-state index contributed by atoms with van der Waals surface area (Å²) in [7, 11) is 0. The van der Waals surface area contributed by atoms with Crippen molar-refractivity contribution in [2.24, 2.45) is 0 Å². The molecule has 3 rings (SSSR count). The number of carbonyl (C=O) groups excluding carboxylic acids is 1. The van der Waals surface area contributed by atoms with Crippen LogP contribution in [0.1, 0.15) is 10.6 Å². The van der Waals surface area contributed by atoms with Gasteiger partial charge in [0.2, 0.25) is 0 Å². The van der Waals surface area contributed by atoms with E-state index in [9.17, 15) is 4.79 Å². The van der Waals surface area contributed by atoms with Gasteiger partial charge < -0.3 is 14.5 Å². The highest BCUT2D eigenvalue weighted by Crippen LogP contribution is 2.22. The predicted octanol–water partition coefficient (Wildman–Crippen LogP) is 3.90. The van der Waals surface area contributed by atoms with E-state index in [0.717, 1.165) is 5.39 Å². The zero-order chi connectivity index (χ0) is 16.8. The molecule has 24 heavy (non-hydrogen) atoms. The van der Waals surface area contributed by atoms with Crippen LogP contribution in [0, 0.1) is 11.8 Å². The topological polar surface area (TPSA) is 51.5 Å². The number of furan rings is 1. The Morgan fingerprint density at radius 3 is 2.75 bits per heavy atom. The minimum atomic E-state index is -0.299. The third-order valence-electron chi connectivity index (χ3n) is 3.25. The maximum atomic E-state index is 12.0. The SMILES string of the molecule is O=C(NCC#CCOc1ccccc1Cl)c1cc2ccccc2o1. The molecule has 1 amide bonds. The van der Waals surface area contributed by atoms with Crippen molar-refractivity contribution in [2.45, 2.75) is 0 Å². The van der Waals surface area contributed by atoms with E-state index in [-0.39, 0.29) is 24.8 Å². The fourth-order valence-corrected chi connectivity index (χ4v) is 2.28. The minimum absolute atomic E-state index is 0.199. The molecule has 1 heterocycles. The van der Waals surface area contributed by atoms with Crippen LogP contribution >= 0.6 is 11.6 Å². The lowest BCUT2D eigenvalue weighted by Crippen LogP contribution is -2.23. The molecule has 0 unspecified atom stereocenters. The number of hydrogen-bond donors (Lipinski definition) is 1. The van der Waals surface area contributed by atoms with Gasteiger partial charge in [0.25, 0.3) is 5.91 Å². The normalized spacial score (nSPS) is 10.0. The van der Waals surface area contributed by atoms with E-state index in [4.69, 9.17) is 20.8 Å². The number of rotatable bonds is 4. The lowest BCUT2D eigenvalue weighted by Gasteiger charge is -2.03. The smallest absolute Gasteiger partial charge is 0.287 e. The number of para-hydroxylation sites is 2. The number of halogens is 1. The second-order valence-electron chi connectivity index (χ2n) is 4.90. The number of benzene rings is 2. The van der Waals surface area contributed by atoms with E-state index in [1.807, 2.05) is 36.4 Å². The van der Waals surface area contributed by atoms with E-state index in [0.29, 0.717) is 16.4 Å². The van der Waals surface area contributed by atoms with Gasteiger partial charge in [0.15, 0.2) is 5.76 Å². The van der Waals surface area contributed by atoms with Crippen molar-refractivity contribution < 1.29 is 13.9 Å². The highest BCUT2D eigenvalue weighted by atomic mass is 35.5. The van der Waals surface area contributed by atoms with Gasteiger partial charge in [0.1, 0.15) is 17.9 Å². The van der Waals surface area contributed by atoms with Gasteiger partial charge in [-0.3, -0.25) is 4.79 Å². The van der Waals surface area contributed by atoms with Crippen molar-refractivity contribution in [1.82, 2.24) is 5.32 Å². The molecule has 0 saturated carbocycles. The molecular weight excluding hydrogens is 326 g/mol. The third kappa shape index (κ3) is 3.89. The fourth-order valence-electron chi connectivity index (χ4n) is 2.09. The van der Waals surface area contributed by atoms with Gasteiger partial charge >= 0.3 is 0 Å². The summed E-state index contributed by atoms with van der Waals surface area (Å²) in [6.07, 6.45) is 0. The molecule has 0 aliphatic rings. The van der Waals surface area contributed by atoms with Crippen LogP contribution in [-0.4, -0.2) is 19.1 Å². The van der Waals surface area contributed by atoms with Crippen molar-refractivity contribution in [3.63, 3.8) is 0 Å². The molecule has 0 bridgehead atoms. The van der Waals surface area contributed by atoms with Gasteiger partial charge in [-0.2, -0.15) is 0 Å². The van der Waals surface area contributed by atoms with Gasteiger partial charge in [-0.05, 0) is 24.3 Å². The average Bonchev–Trinajstić information content (AvgIpc) is 3.03. The maximum Gasteiger partial charge on any atom is 0.287 e. The number of amides is 1. The van der Waals surface area contributed by atoms with Gasteiger partial charge in [0, 0.05) is 5.39 Å². The Labute approximate surface area is 144 Å². The lowest BCUT2D eigenvalue weighted by atomic mass is 10.2. The molecule has 5 heteroatoms. The zero-order valence-corrected chi connectivity index (χ0v) is 13.5. The monoisotopic (exact) mass is 339 g/mol. The summed E-state index contributed by atoms with van der Waals surface area (Å²) in [4.78, 5) is 12.0.